The number of hydrogen-bond donors (Lipinski definition) is 2. The van der Waals surface area contributed by atoms with Crippen LogP contribution in [0.2, 0.25) is 0 Å². The quantitative estimate of drug-likeness (QED) is 0.823. The average Bonchev–Trinajstić information content (AvgIpc) is 2.90. The van der Waals surface area contributed by atoms with Crippen LogP contribution >= 0.6 is 0 Å². The van der Waals surface area contributed by atoms with Crippen LogP contribution in [0, 0.1) is 17.3 Å². The van der Waals surface area contributed by atoms with Crippen LogP contribution in [0.4, 0.5) is 0 Å². The van der Waals surface area contributed by atoms with Gasteiger partial charge in [-0.3, -0.25) is 0 Å². The van der Waals surface area contributed by atoms with Crippen LogP contribution in [0.1, 0.15) is 56.1 Å². The topological polar surface area (TPSA) is 49.7 Å². The van der Waals surface area contributed by atoms with Crippen molar-refractivity contribution in [2.75, 3.05) is 7.11 Å². The Morgan fingerprint density at radius 2 is 2.00 bits per heavy atom. The first-order chi connectivity index (χ1) is 11.0. The maximum Gasteiger partial charge on any atom is 0.488 e. The summed E-state index contributed by atoms with van der Waals surface area (Å²) in [6.07, 6.45) is 7.75. The molecule has 2 saturated carbocycles. The molecule has 0 heterocycles. The largest absolute Gasteiger partial charge is 0.488 e. The maximum absolute atomic E-state index is 9.41. The average molecular weight is 314 g/mol. The fourth-order valence-electron chi connectivity index (χ4n) is 6.10. The number of ether oxygens (including phenoxy) is 1. The van der Waals surface area contributed by atoms with Crippen LogP contribution in [0.3, 0.4) is 0 Å². The van der Waals surface area contributed by atoms with Gasteiger partial charge in [0.05, 0.1) is 6.10 Å². The molecule has 0 spiro atoms. The van der Waals surface area contributed by atoms with E-state index in [0.29, 0.717) is 22.9 Å². The van der Waals surface area contributed by atoms with E-state index < -0.39 is 7.12 Å². The van der Waals surface area contributed by atoms with Crippen molar-refractivity contribution < 1.29 is 14.8 Å². The molecule has 3 aliphatic rings. The molecule has 4 heteroatoms. The molecule has 0 bridgehead atoms. The van der Waals surface area contributed by atoms with Crippen molar-refractivity contribution in [1.29, 1.82) is 0 Å². The van der Waals surface area contributed by atoms with Gasteiger partial charge in [-0.25, -0.2) is 0 Å². The molecular formula is C19H27BO3. The molecule has 2 fully saturated rings. The van der Waals surface area contributed by atoms with Gasteiger partial charge in [0.25, 0.3) is 0 Å². The van der Waals surface area contributed by atoms with E-state index in [0.717, 1.165) is 18.3 Å². The highest BCUT2D eigenvalue weighted by atomic mass is 16.5. The van der Waals surface area contributed by atoms with Crippen LogP contribution in [0.5, 0.6) is 0 Å². The van der Waals surface area contributed by atoms with E-state index in [-0.39, 0.29) is 0 Å². The van der Waals surface area contributed by atoms with Gasteiger partial charge >= 0.3 is 7.12 Å². The van der Waals surface area contributed by atoms with Gasteiger partial charge < -0.3 is 14.8 Å². The second-order valence-electron chi connectivity index (χ2n) is 8.09. The summed E-state index contributed by atoms with van der Waals surface area (Å²) >= 11 is 0. The van der Waals surface area contributed by atoms with E-state index >= 15 is 0 Å². The summed E-state index contributed by atoms with van der Waals surface area (Å²) in [5.74, 6) is 2.20. The molecule has 1 aromatic carbocycles. The van der Waals surface area contributed by atoms with Gasteiger partial charge in [0.15, 0.2) is 0 Å². The smallest absolute Gasteiger partial charge is 0.423 e. The van der Waals surface area contributed by atoms with Gasteiger partial charge in [0, 0.05) is 7.11 Å². The minimum Gasteiger partial charge on any atom is -0.423 e. The Morgan fingerprint density at radius 1 is 1.17 bits per heavy atom. The van der Waals surface area contributed by atoms with Crippen molar-refractivity contribution >= 4 is 12.6 Å². The molecule has 1 aromatic rings. The molecule has 0 aliphatic heterocycles. The number of hydrogen-bond acceptors (Lipinski definition) is 3. The lowest BCUT2D eigenvalue weighted by Crippen LogP contribution is -2.44. The van der Waals surface area contributed by atoms with Crippen molar-refractivity contribution in [3.05, 3.63) is 29.3 Å². The van der Waals surface area contributed by atoms with Gasteiger partial charge in [0.2, 0.25) is 0 Å². The summed E-state index contributed by atoms with van der Waals surface area (Å²) in [5.41, 5.74) is 3.78. The Hall–Kier alpha value is -0.835. The molecule has 2 N–H and O–H groups in total. The molecule has 0 radical (unpaired) electrons. The normalized spacial score (nSPS) is 38.6. The fourth-order valence-corrected chi connectivity index (χ4v) is 6.10. The summed E-state index contributed by atoms with van der Waals surface area (Å²) < 4.78 is 5.82. The Balaban J connectivity index is 1.65. The minimum atomic E-state index is -1.36. The molecule has 5 atom stereocenters. The summed E-state index contributed by atoms with van der Waals surface area (Å²) in [6, 6.07) is 6.06. The standard InChI is InChI=1S/C19H27BO3/c1-19-10-9-15-14-6-4-13(20(21)22)11-12(14)3-5-16(15)17(19)7-8-18(19)23-2/h4,6,11,15-18,21-22H,3,5,7-10H2,1-2H3. The van der Waals surface area contributed by atoms with Crippen molar-refractivity contribution in [3.8, 4) is 0 Å². The first-order valence-electron chi connectivity index (χ1n) is 9.06. The van der Waals surface area contributed by atoms with Gasteiger partial charge in [-0.05, 0) is 78.3 Å². The highest BCUT2D eigenvalue weighted by Gasteiger charge is 2.54. The number of methoxy groups -OCH3 is 1. The summed E-state index contributed by atoms with van der Waals surface area (Å²) in [6.45, 7) is 2.45. The Labute approximate surface area is 139 Å². The first kappa shape index (κ1) is 15.7. The maximum atomic E-state index is 9.41. The van der Waals surface area contributed by atoms with Crippen molar-refractivity contribution in [2.24, 2.45) is 17.3 Å². The predicted molar refractivity (Wildman–Crippen MR) is 91.7 cm³/mol. The third-order valence-corrected chi connectivity index (χ3v) is 7.25. The summed E-state index contributed by atoms with van der Waals surface area (Å²) in [4.78, 5) is 0. The highest BCUT2D eigenvalue weighted by molar-refractivity contribution is 6.58. The lowest BCUT2D eigenvalue weighted by atomic mass is 9.55. The van der Waals surface area contributed by atoms with Crippen molar-refractivity contribution in [1.82, 2.24) is 0 Å². The molecule has 3 aliphatic carbocycles. The second-order valence-corrected chi connectivity index (χ2v) is 8.09. The second kappa shape index (κ2) is 5.61. The van der Waals surface area contributed by atoms with Crippen molar-refractivity contribution in [2.45, 2.75) is 57.5 Å². The molecule has 0 amide bonds. The highest BCUT2D eigenvalue weighted by Crippen LogP contribution is 2.61. The molecule has 0 saturated heterocycles. The zero-order valence-electron chi connectivity index (χ0n) is 14.2. The fraction of sp³-hybridized carbons (Fsp3) is 0.684. The van der Waals surface area contributed by atoms with Crippen molar-refractivity contribution in [3.63, 3.8) is 0 Å². The minimum absolute atomic E-state index is 0.356. The molecule has 0 aromatic heterocycles. The lowest BCUT2D eigenvalue weighted by Gasteiger charge is -2.50. The van der Waals surface area contributed by atoms with E-state index in [1.807, 2.05) is 19.2 Å². The van der Waals surface area contributed by atoms with Crippen LogP contribution in [-0.2, 0) is 11.2 Å². The summed E-state index contributed by atoms with van der Waals surface area (Å²) in [5, 5.41) is 18.8. The molecule has 4 rings (SSSR count). The number of aryl methyl sites for hydroxylation is 1. The zero-order chi connectivity index (χ0) is 16.2. The van der Waals surface area contributed by atoms with Crippen LogP contribution in [0.25, 0.3) is 0 Å². The Kier molecular flexibility index (Phi) is 3.82. The zero-order valence-corrected chi connectivity index (χ0v) is 14.2. The van der Waals surface area contributed by atoms with E-state index in [4.69, 9.17) is 4.74 Å². The molecular weight excluding hydrogens is 287 g/mol. The Bertz CT molecular complexity index is 602. The van der Waals surface area contributed by atoms with E-state index in [9.17, 15) is 10.0 Å². The number of benzene rings is 1. The van der Waals surface area contributed by atoms with Gasteiger partial charge in [-0.2, -0.15) is 0 Å². The molecule has 23 heavy (non-hydrogen) atoms. The third-order valence-electron chi connectivity index (χ3n) is 7.25. The Morgan fingerprint density at radius 3 is 2.74 bits per heavy atom. The summed E-state index contributed by atoms with van der Waals surface area (Å²) in [7, 11) is 0.521. The van der Waals surface area contributed by atoms with Gasteiger partial charge in [-0.1, -0.05) is 25.1 Å². The van der Waals surface area contributed by atoms with E-state index in [2.05, 4.69) is 13.0 Å². The van der Waals surface area contributed by atoms with Crippen LogP contribution in [0.15, 0.2) is 18.2 Å². The van der Waals surface area contributed by atoms with Crippen LogP contribution in [-0.4, -0.2) is 30.4 Å². The predicted octanol–water partition coefficient (Wildman–Crippen LogP) is 2.24. The van der Waals surface area contributed by atoms with E-state index in [1.165, 1.54) is 43.2 Å². The van der Waals surface area contributed by atoms with E-state index in [1.54, 1.807) is 0 Å². The monoisotopic (exact) mass is 314 g/mol. The first-order valence-corrected chi connectivity index (χ1v) is 9.06. The number of rotatable bonds is 2. The molecule has 124 valence electrons. The molecule has 5 unspecified atom stereocenters. The number of fused-ring (bicyclic) bond motifs is 5. The SMILES string of the molecule is COC1CCC2C3CCc4cc(B(O)O)ccc4C3CCC12C. The van der Waals surface area contributed by atoms with Gasteiger partial charge in [0.1, 0.15) is 0 Å². The lowest BCUT2D eigenvalue weighted by molar-refractivity contribution is -0.0443. The van der Waals surface area contributed by atoms with Crippen LogP contribution < -0.4 is 5.46 Å². The van der Waals surface area contributed by atoms with Gasteiger partial charge in [-0.15, -0.1) is 0 Å². The molecule has 3 nitrogen and oxygen atoms in total. The third kappa shape index (κ3) is 2.30.